The molecular formula is C11H25I2NO7P2S. The van der Waals surface area contributed by atoms with E-state index < -0.39 is 22.6 Å². The summed E-state index contributed by atoms with van der Waals surface area (Å²) in [6, 6.07) is 0. The number of halogens is 2. The Kier molecular flexibility index (Phi) is 13.5. The maximum absolute atomic E-state index is 11.7. The van der Waals surface area contributed by atoms with Gasteiger partial charge in [-0.1, -0.05) is 12.8 Å². The number of unbranched alkanes of at least 4 members (excludes halogenated alkanes) is 3. The third kappa shape index (κ3) is 16.2. The first-order chi connectivity index (χ1) is 10.9. The van der Waals surface area contributed by atoms with Crippen LogP contribution < -0.4 is 5.09 Å². The average Bonchev–Trinajstić information content (AvgIpc) is 2.38. The van der Waals surface area contributed by atoms with Gasteiger partial charge < -0.3 is 9.79 Å². The number of rotatable bonds is 14. The number of hydrogen-bond donors (Lipinski definition) is 3. The van der Waals surface area contributed by atoms with Crippen molar-refractivity contribution < 1.29 is 32.5 Å². The lowest BCUT2D eigenvalue weighted by molar-refractivity contribution is 0.161. The summed E-state index contributed by atoms with van der Waals surface area (Å²) >= 11 is 5.13. The van der Waals surface area contributed by atoms with Gasteiger partial charge in [0.1, 0.15) is 3.61 Å². The number of hydrogen-bond acceptors (Lipinski definition) is 6. The van der Waals surface area contributed by atoms with Crippen molar-refractivity contribution in [3.8, 4) is 0 Å². The number of alkyl halides is 2. The first-order valence-electron chi connectivity index (χ1n) is 7.17. The summed E-state index contributed by atoms with van der Waals surface area (Å²) in [7, 11) is -7.78. The molecule has 0 rings (SSSR count). The van der Waals surface area contributed by atoms with Crippen molar-refractivity contribution in [1.82, 2.24) is 5.09 Å². The Morgan fingerprint density at radius 3 is 2.33 bits per heavy atom. The second kappa shape index (κ2) is 12.5. The summed E-state index contributed by atoms with van der Waals surface area (Å²) in [6.07, 6.45) is 4.62. The highest BCUT2D eigenvalue weighted by molar-refractivity contribution is 14.1. The summed E-state index contributed by atoms with van der Waals surface area (Å²) in [4.78, 5) is 19.0. The van der Waals surface area contributed by atoms with E-state index in [1.807, 2.05) is 45.2 Å². The van der Waals surface area contributed by atoms with Crippen molar-refractivity contribution >= 4 is 72.5 Å². The number of nitrogens with one attached hydrogen (secondary N) is 1. The van der Waals surface area contributed by atoms with E-state index in [1.165, 1.54) is 11.8 Å². The molecule has 0 saturated carbocycles. The van der Waals surface area contributed by atoms with Gasteiger partial charge in [0.25, 0.3) is 0 Å². The SMILES string of the molecule is CSC(I)OP(=O)(O)OCCCCCCNP(=O)(O)OC(C)(C)I. The van der Waals surface area contributed by atoms with Crippen molar-refractivity contribution in [2.24, 2.45) is 0 Å². The fourth-order valence-corrected chi connectivity index (χ4v) is 5.54. The van der Waals surface area contributed by atoms with Crippen LogP contribution in [-0.4, -0.2) is 36.2 Å². The van der Waals surface area contributed by atoms with Crippen molar-refractivity contribution in [3.05, 3.63) is 0 Å². The Morgan fingerprint density at radius 2 is 1.79 bits per heavy atom. The van der Waals surface area contributed by atoms with Crippen molar-refractivity contribution in [3.63, 3.8) is 0 Å². The monoisotopic (exact) mass is 631 g/mol. The highest BCUT2D eigenvalue weighted by Gasteiger charge is 2.27. The van der Waals surface area contributed by atoms with Crippen LogP contribution in [-0.2, 0) is 22.7 Å². The normalized spacial score (nSPS) is 18.8. The molecule has 0 spiro atoms. The predicted molar refractivity (Wildman–Crippen MR) is 114 cm³/mol. The molecule has 13 heteroatoms. The third-order valence-electron chi connectivity index (χ3n) is 2.38. The van der Waals surface area contributed by atoms with E-state index in [0.717, 1.165) is 12.8 Å². The molecule has 3 atom stereocenters. The number of thioether (sulfide) groups is 1. The van der Waals surface area contributed by atoms with Gasteiger partial charge in [0.05, 0.1) is 6.61 Å². The van der Waals surface area contributed by atoms with Crippen LogP contribution in [0.1, 0.15) is 39.5 Å². The summed E-state index contributed by atoms with van der Waals surface area (Å²) in [5.74, 6) is 0. The van der Waals surface area contributed by atoms with Crippen LogP contribution in [0.15, 0.2) is 0 Å². The molecule has 3 N–H and O–H groups in total. The van der Waals surface area contributed by atoms with E-state index >= 15 is 0 Å². The smallest absolute Gasteiger partial charge is 0.312 e. The molecule has 0 aliphatic heterocycles. The molecule has 0 bridgehead atoms. The van der Waals surface area contributed by atoms with E-state index in [1.54, 1.807) is 20.1 Å². The van der Waals surface area contributed by atoms with Gasteiger partial charge in [0.2, 0.25) is 0 Å². The van der Waals surface area contributed by atoms with Gasteiger partial charge in [-0.15, -0.1) is 11.8 Å². The zero-order valence-electron chi connectivity index (χ0n) is 13.8. The molecule has 0 fully saturated rings. The van der Waals surface area contributed by atoms with Crippen LogP contribution in [0.4, 0.5) is 0 Å². The molecule has 0 aliphatic carbocycles. The lowest BCUT2D eigenvalue weighted by Crippen LogP contribution is -2.21. The molecule has 0 radical (unpaired) electrons. The van der Waals surface area contributed by atoms with Crippen molar-refractivity contribution in [2.75, 3.05) is 19.4 Å². The van der Waals surface area contributed by atoms with E-state index in [2.05, 4.69) is 5.09 Å². The summed E-state index contributed by atoms with van der Waals surface area (Å²) in [5.41, 5.74) is 0. The molecule has 0 aromatic carbocycles. The van der Waals surface area contributed by atoms with Gasteiger partial charge in [0.15, 0.2) is 3.44 Å². The average molecular weight is 631 g/mol. The van der Waals surface area contributed by atoms with Crippen LogP contribution in [0.25, 0.3) is 0 Å². The van der Waals surface area contributed by atoms with Crippen LogP contribution in [0.2, 0.25) is 0 Å². The fourth-order valence-electron chi connectivity index (χ4n) is 1.49. The van der Waals surface area contributed by atoms with Gasteiger partial charge in [-0.3, -0.25) is 13.6 Å². The van der Waals surface area contributed by atoms with Crippen molar-refractivity contribution in [2.45, 2.75) is 46.6 Å². The number of phosphoric ester groups is 1. The van der Waals surface area contributed by atoms with E-state index in [0.29, 0.717) is 19.4 Å². The van der Waals surface area contributed by atoms with E-state index in [-0.39, 0.29) is 6.61 Å². The first-order valence-corrected chi connectivity index (χ1v) is 13.9. The minimum Gasteiger partial charge on any atom is -0.312 e. The van der Waals surface area contributed by atoms with Gasteiger partial charge in [-0.2, -0.15) is 0 Å². The molecule has 0 saturated heterocycles. The van der Waals surface area contributed by atoms with Gasteiger partial charge >= 0.3 is 15.6 Å². The lowest BCUT2D eigenvalue weighted by Gasteiger charge is -2.22. The first kappa shape index (κ1) is 26.0. The standard InChI is InChI=1S/C11H25I2NO7P2S/c1-11(2,13)21-22(15,16)14-8-6-4-5-7-9-19-23(17,18)20-10(12)24-3/h10H,4-9H2,1-3H3,(H,17,18)(H2,14,15,16). The molecule has 8 nitrogen and oxygen atoms in total. The highest BCUT2D eigenvalue weighted by Crippen LogP contribution is 2.47. The second-order valence-corrected chi connectivity index (χ2v) is 13.6. The molecule has 3 unspecified atom stereocenters. The van der Waals surface area contributed by atoms with E-state index in [9.17, 15) is 18.9 Å². The highest BCUT2D eigenvalue weighted by atomic mass is 127. The fraction of sp³-hybridized carbons (Fsp3) is 1.00. The minimum absolute atomic E-state index is 0.129. The molecular weight excluding hydrogens is 606 g/mol. The van der Waals surface area contributed by atoms with Gasteiger partial charge in [-0.05, 0) is 78.1 Å². The molecule has 146 valence electrons. The summed E-state index contributed by atoms with van der Waals surface area (Å²) in [6.45, 7) is 3.87. The maximum atomic E-state index is 11.7. The lowest BCUT2D eigenvalue weighted by atomic mass is 10.2. The van der Waals surface area contributed by atoms with E-state index in [4.69, 9.17) is 13.6 Å². The molecule has 0 aliphatic rings. The zero-order chi connectivity index (χ0) is 18.9. The quantitative estimate of drug-likeness (QED) is 0.0830. The van der Waals surface area contributed by atoms with Gasteiger partial charge in [0, 0.05) is 6.54 Å². The topological polar surface area (TPSA) is 114 Å². The largest absolute Gasteiger partial charge is 0.474 e. The van der Waals surface area contributed by atoms with Gasteiger partial charge in [-0.25, -0.2) is 14.2 Å². The van der Waals surface area contributed by atoms with Crippen LogP contribution in [0.3, 0.4) is 0 Å². The molecule has 0 heterocycles. The Morgan fingerprint density at radius 1 is 1.21 bits per heavy atom. The minimum atomic E-state index is -4.00. The Hall–Kier alpha value is 2.03. The zero-order valence-corrected chi connectivity index (χ0v) is 20.7. The number of phosphoric acid groups is 1. The molecule has 0 aromatic heterocycles. The summed E-state index contributed by atoms with van der Waals surface area (Å²) < 4.78 is 36.9. The predicted octanol–water partition coefficient (Wildman–Crippen LogP) is 4.64. The molecule has 0 aromatic rings. The Balaban J connectivity index is 3.71. The maximum Gasteiger partial charge on any atom is 0.474 e. The van der Waals surface area contributed by atoms with Crippen LogP contribution in [0.5, 0.6) is 0 Å². The molecule has 24 heavy (non-hydrogen) atoms. The Bertz CT molecular complexity index is 453. The van der Waals surface area contributed by atoms with Crippen LogP contribution >= 0.6 is 72.5 Å². The second-order valence-electron chi connectivity index (χ2n) is 5.21. The van der Waals surface area contributed by atoms with Crippen molar-refractivity contribution in [1.29, 1.82) is 0 Å². The summed E-state index contributed by atoms with van der Waals surface area (Å²) in [5, 5.41) is 2.50. The molecule has 0 amide bonds. The Labute approximate surface area is 175 Å². The third-order valence-corrected chi connectivity index (χ3v) is 8.05. The van der Waals surface area contributed by atoms with Crippen LogP contribution in [0, 0.1) is 0 Å².